The Labute approximate surface area is 144 Å². The molecule has 1 N–H and O–H groups in total. The second-order valence-electron chi connectivity index (χ2n) is 6.03. The normalized spacial score (nSPS) is 16.2. The average molecular weight is 349 g/mol. The summed E-state index contributed by atoms with van der Waals surface area (Å²) in [7, 11) is 0. The van der Waals surface area contributed by atoms with Gasteiger partial charge in [-0.25, -0.2) is 4.39 Å². The van der Waals surface area contributed by atoms with E-state index in [1.165, 1.54) is 23.9 Å². The molecule has 1 saturated carbocycles. The first-order valence-electron chi connectivity index (χ1n) is 8.08. The van der Waals surface area contributed by atoms with Gasteiger partial charge in [0.1, 0.15) is 11.4 Å². The second kappa shape index (κ2) is 7.34. The number of hydrogen-bond acceptors (Lipinski definition) is 5. The molecular weight excluding hydrogens is 329 g/mol. The SMILES string of the molecule is Cc1nc(C2(NC(=O)CCSc3ccc(F)cc3)CCCC2)no1. The van der Waals surface area contributed by atoms with Crippen LogP contribution in [0.3, 0.4) is 0 Å². The molecule has 0 atom stereocenters. The Kier molecular flexibility index (Phi) is 5.18. The minimum absolute atomic E-state index is 0.0195. The molecule has 1 amide bonds. The third-order valence-electron chi connectivity index (χ3n) is 4.20. The number of aromatic nitrogens is 2. The van der Waals surface area contributed by atoms with Crippen LogP contribution in [0.1, 0.15) is 43.8 Å². The van der Waals surface area contributed by atoms with Crippen LogP contribution in [-0.4, -0.2) is 21.8 Å². The minimum Gasteiger partial charge on any atom is -0.343 e. The summed E-state index contributed by atoms with van der Waals surface area (Å²) < 4.78 is 18.0. The molecule has 1 aromatic heterocycles. The number of carbonyl (C=O) groups is 1. The number of benzene rings is 1. The van der Waals surface area contributed by atoms with Crippen LogP contribution < -0.4 is 5.32 Å². The van der Waals surface area contributed by atoms with Crippen molar-refractivity contribution in [2.24, 2.45) is 0 Å². The van der Waals surface area contributed by atoms with Gasteiger partial charge in [-0.1, -0.05) is 18.0 Å². The molecule has 1 aliphatic rings. The van der Waals surface area contributed by atoms with Gasteiger partial charge in [0.2, 0.25) is 11.8 Å². The first-order chi connectivity index (χ1) is 11.6. The van der Waals surface area contributed by atoms with Crippen molar-refractivity contribution in [3.05, 3.63) is 41.8 Å². The van der Waals surface area contributed by atoms with E-state index in [0.29, 0.717) is 23.9 Å². The fourth-order valence-corrected chi connectivity index (χ4v) is 3.85. The molecule has 24 heavy (non-hydrogen) atoms. The van der Waals surface area contributed by atoms with Crippen LogP contribution in [0.2, 0.25) is 0 Å². The number of halogens is 1. The zero-order valence-electron chi connectivity index (χ0n) is 13.5. The predicted molar refractivity (Wildman–Crippen MR) is 89.1 cm³/mol. The minimum atomic E-state index is -0.491. The number of carbonyl (C=O) groups excluding carboxylic acids is 1. The molecule has 1 aliphatic carbocycles. The van der Waals surface area contributed by atoms with Crippen molar-refractivity contribution in [3.63, 3.8) is 0 Å². The predicted octanol–water partition coefficient (Wildman–Crippen LogP) is 3.59. The van der Waals surface area contributed by atoms with Gasteiger partial charge >= 0.3 is 0 Å². The summed E-state index contributed by atoms with van der Waals surface area (Å²) in [5.74, 6) is 1.46. The Hall–Kier alpha value is -1.89. The summed E-state index contributed by atoms with van der Waals surface area (Å²) in [6.45, 7) is 1.75. The van der Waals surface area contributed by atoms with Crippen molar-refractivity contribution in [1.82, 2.24) is 15.5 Å². The first kappa shape index (κ1) is 17.0. The number of amides is 1. The molecule has 3 rings (SSSR count). The number of nitrogens with zero attached hydrogens (tertiary/aromatic N) is 2. The number of nitrogens with one attached hydrogen (secondary N) is 1. The van der Waals surface area contributed by atoms with E-state index in [-0.39, 0.29) is 11.7 Å². The third-order valence-corrected chi connectivity index (χ3v) is 5.22. The zero-order valence-corrected chi connectivity index (χ0v) is 14.4. The summed E-state index contributed by atoms with van der Waals surface area (Å²) in [5, 5.41) is 7.14. The summed E-state index contributed by atoms with van der Waals surface area (Å²) in [4.78, 5) is 17.6. The molecule has 1 fully saturated rings. The maximum Gasteiger partial charge on any atom is 0.223 e. The average Bonchev–Trinajstić information content (AvgIpc) is 3.19. The highest BCUT2D eigenvalue weighted by Crippen LogP contribution is 2.37. The fourth-order valence-electron chi connectivity index (χ4n) is 3.00. The monoisotopic (exact) mass is 349 g/mol. The Morgan fingerprint density at radius 1 is 1.33 bits per heavy atom. The van der Waals surface area contributed by atoms with Gasteiger partial charge in [0.05, 0.1) is 0 Å². The highest BCUT2D eigenvalue weighted by molar-refractivity contribution is 7.99. The van der Waals surface area contributed by atoms with Crippen molar-refractivity contribution in [3.8, 4) is 0 Å². The molecule has 0 aliphatic heterocycles. The Morgan fingerprint density at radius 3 is 2.67 bits per heavy atom. The quantitative estimate of drug-likeness (QED) is 0.807. The summed E-state index contributed by atoms with van der Waals surface area (Å²) in [5.41, 5.74) is -0.491. The van der Waals surface area contributed by atoms with Gasteiger partial charge in [-0.05, 0) is 37.1 Å². The molecule has 1 heterocycles. The third kappa shape index (κ3) is 3.95. The number of thioether (sulfide) groups is 1. The number of rotatable bonds is 6. The summed E-state index contributed by atoms with van der Waals surface area (Å²) in [6, 6.07) is 6.29. The van der Waals surface area contributed by atoms with Crippen LogP contribution in [0.4, 0.5) is 4.39 Å². The first-order valence-corrected chi connectivity index (χ1v) is 9.06. The molecule has 0 bridgehead atoms. The van der Waals surface area contributed by atoms with Gasteiger partial charge in [-0.2, -0.15) is 4.98 Å². The van der Waals surface area contributed by atoms with E-state index in [1.54, 1.807) is 19.1 Å². The van der Waals surface area contributed by atoms with Crippen molar-refractivity contribution < 1.29 is 13.7 Å². The number of hydrogen-bond donors (Lipinski definition) is 1. The maximum atomic E-state index is 12.9. The molecule has 7 heteroatoms. The smallest absolute Gasteiger partial charge is 0.223 e. The topological polar surface area (TPSA) is 68.0 Å². The van der Waals surface area contributed by atoms with Crippen LogP contribution in [0.5, 0.6) is 0 Å². The van der Waals surface area contributed by atoms with E-state index in [0.717, 1.165) is 30.6 Å². The summed E-state index contributed by atoms with van der Waals surface area (Å²) in [6.07, 6.45) is 4.14. The lowest BCUT2D eigenvalue weighted by Gasteiger charge is -2.26. The van der Waals surface area contributed by atoms with Gasteiger partial charge in [0.25, 0.3) is 0 Å². The molecule has 0 saturated heterocycles. The highest BCUT2D eigenvalue weighted by Gasteiger charge is 2.41. The van der Waals surface area contributed by atoms with Crippen molar-refractivity contribution >= 4 is 17.7 Å². The number of aryl methyl sites for hydroxylation is 1. The molecule has 1 aromatic carbocycles. The van der Waals surface area contributed by atoms with Crippen LogP contribution in [0.25, 0.3) is 0 Å². The van der Waals surface area contributed by atoms with E-state index in [1.807, 2.05) is 0 Å². The second-order valence-corrected chi connectivity index (χ2v) is 7.20. The van der Waals surface area contributed by atoms with Crippen LogP contribution in [-0.2, 0) is 10.3 Å². The summed E-state index contributed by atoms with van der Waals surface area (Å²) >= 11 is 1.54. The van der Waals surface area contributed by atoms with Gasteiger partial charge in [0.15, 0.2) is 5.82 Å². The van der Waals surface area contributed by atoms with E-state index < -0.39 is 5.54 Å². The van der Waals surface area contributed by atoms with Gasteiger partial charge in [-0.3, -0.25) is 4.79 Å². The van der Waals surface area contributed by atoms with Crippen molar-refractivity contribution in [1.29, 1.82) is 0 Å². The molecule has 128 valence electrons. The van der Waals surface area contributed by atoms with E-state index in [2.05, 4.69) is 15.5 Å². The lowest BCUT2D eigenvalue weighted by molar-refractivity contribution is -0.122. The molecule has 0 radical (unpaired) electrons. The lowest BCUT2D eigenvalue weighted by Crippen LogP contribution is -2.44. The lowest BCUT2D eigenvalue weighted by atomic mass is 9.96. The van der Waals surface area contributed by atoms with E-state index in [9.17, 15) is 9.18 Å². The molecule has 0 spiro atoms. The Balaban J connectivity index is 1.55. The maximum absolute atomic E-state index is 12.9. The van der Waals surface area contributed by atoms with Crippen molar-refractivity contribution in [2.75, 3.05) is 5.75 Å². The Morgan fingerprint density at radius 2 is 2.04 bits per heavy atom. The molecular formula is C17H20FN3O2S. The standard InChI is InChI=1S/C17H20FN3O2S/c1-12-19-16(21-23-12)17(9-2-3-10-17)20-15(22)8-11-24-14-6-4-13(18)5-7-14/h4-7H,2-3,8-11H2,1H3,(H,20,22). The van der Waals surface area contributed by atoms with Crippen LogP contribution in [0, 0.1) is 12.7 Å². The molecule has 5 nitrogen and oxygen atoms in total. The van der Waals surface area contributed by atoms with Crippen LogP contribution in [0.15, 0.2) is 33.7 Å². The van der Waals surface area contributed by atoms with Gasteiger partial charge in [-0.15, -0.1) is 11.8 Å². The zero-order chi connectivity index (χ0) is 17.0. The van der Waals surface area contributed by atoms with E-state index in [4.69, 9.17) is 4.52 Å². The largest absolute Gasteiger partial charge is 0.343 e. The molecule has 0 unspecified atom stereocenters. The van der Waals surface area contributed by atoms with Crippen LogP contribution >= 0.6 is 11.8 Å². The van der Waals surface area contributed by atoms with Gasteiger partial charge < -0.3 is 9.84 Å². The van der Waals surface area contributed by atoms with Gasteiger partial charge in [0, 0.05) is 24.0 Å². The Bertz CT molecular complexity index is 696. The molecule has 2 aromatic rings. The highest BCUT2D eigenvalue weighted by atomic mass is 32.2. The fraction of sp³-hybridized carbons (Fsp3) is 0.471. The van der Waals surface area contributed by atoms with E-state index >= 15 is 0 Å². The van der Waals surface area contributed by atoms with Crippen molar-refractivity contribution in [2.45, 2.75) is 49.5 Å².